The molecule has 110 valence electrons. The molecule has 8 heteroatoms. The smallest absolute Gasteiger partial charge is 0.226 e. The molecule has 0 aliphatic heterocycles. The molecule has 0 aromatic carbocycles. The van der Waals surface area contributed by atoms with Crippen molar-refractivity contribution in [2.24, 2.45) is 7.05 Å². The quantitative estimate of drug-likeness (QED) is 0.654. The molecule has 0 unspecified atom stereocenters. The second-order valence-electron chi connectivity index (χ2n) is 4.76. The Morgan fingerprint density at radius 1 is 1.33 bits per heavy atom. The Hall–Kier alpha value is -2.64. The minimum atomic E-state index is 0.552. The maximum Gasteiger partial charge on any atom is 0.226 e. The Bertz CT molecular complexity index is 757. The van der Waals surface area contributed by atoms with Crippen LogP contribution in [-0.4, -0.2) is 37.0 Å². The van der Waals surface area contributed by atoms with E-state index in [1.54, 1.807) is 13.2 Å². The van der Waals surface area contributed by atoms with E-state index in [0.29, 0.717) is 18.1 Å². The summed E-state index contributed by atoms with van der Waals surface area (Å²) in [4.78, 5) is 8.76. The van der Waals surface area contributed by atoms with E-state index in [2.05, 4.69) is 42.8 Å². The highest BCUT2D eigenvalue weighted by atomic mass is 15.3. The van der Waals surface area contributed by atoms with Crippen LogP contribution in [0.3, 0.4) is 0 Å². The fraction of sp³-hybridized carbons (Fsp3) is 0.385. The summed E-state index contributed by atoms with van der Waals surface area (Å²) in [5.41, 5.74) is 2.97. The average molecular weight is 286 g/mol. The third kappa shape index (κ3) is 2.51. The minimum Gasteiger partial charge on any atom is -0.365 e. The molecule has 0 aliphatic carbocycles. The van der Waals surface area contributed by atoms with Gasteiger partial charge in [0.25, 0.3) is 0 Å². The summed E-state index contributed by atoms with van der Waals surface area (Å²) in [7, 11) is 3.72. The van der Waals surface area contributed by atoms with Crippen LogP contribution >= 0.6 is 0 Å². The standard InChI is InChI=1S/C13H18N8/c1-4-10-8(7-21(3)20-10)5-15-11-9-6-16-19-12(9)18-13(14-2)17-11/h6-7H,4-5H2,1-3H3,(H3,14,15,16,17,18,19). The molecular formula is C13H18N8. The van der Waals surface area contributed by atoms with Crippen LogP contribution in [0.1, 0.15) is 18.2 Å². The molecule has 3 rings (SSSR count). The molecule has 3 aromatic heterocycles. The molecule has 0 fully saturated rings. The van der Waals surface area contributed by atoms with Gasteiger partial charge in [0.15, 0.2) is 5.65 Å². The van der Waals surface area contributed by atoms with Crippen molar-refractivity contribution in [3.63, 3.8) is 0 Å². The first kappa shape index (κ1) is 13.3. The van der Waals surface area contributed by atoms with Gasteiger partial charge >= 0.3 is 0 Å². The number of hydrogen-bond acceptors (Lipinski definition) is 6. The van der Waals surface area contributed by atoms with Crippen molar-refractivity contribution in [2.45, 2.75) is 19.9 Å². The van der Waals surface area contributed by atoms with Gasteiger partial charge in [-0.1, -0.05) is 6.92 Å². The number of aromatic amines is 1. The summed E-state index contributed by atoms with van der Waals surface area (Å²) >= 11 is 0. The van der Waals surface area contributed by atoms with Crippen molar-refractivity contribution < 1.29 is 0 Å². The molecular weight excluding hydrogens is 268 g/mol. The minimum absolute atomic E-state index is 0.552. The van der Waals surface area contributed by atoms with Crippen molar-refractivity contribution in [3.8, 4) is 0 Å². The second kappa shape index (κ2) is 5.39. The van der Waals surface area contributed by atoms with Gasteiger partial charge in [0, 0.05) is 32.4 Å². The van der Waals surface area contributed by atoms with Crippen LogP contribution in [0, 0.1) is 0 Å². The molecule has 0 atom stereocenters. The summed E-state index contributed by atoms with van der Waals surface area (Å²) in [6, 6.07) is 0. The third-order valence-corrected chi connectivity index (χ3v) is 3.31. The predicted octanol–water partition coefficient (Wildman–Crippen LogP) is 1.30. The molecule has 0 bridgehead atoms. The predicted molar refractivity (Wildman–Crippen MR) is 81.1 cm³/mol. The van der Waals surface area contributed by atoms with Gasteiger partial charge in [0.1, 0.15) is 5.82 Å². The summed E-state index contributed by atoms with van der Waals surface area (Å²) < 4.78 is 1.84. The number of anilines is 2. The SMILES string of the molecule is CCc1nn(C)cc1CNc1nc(NC)nc2[nH]ncc12. The number of fused-ring (bicyclic) bond motifs is 1. The van der Waals surface area contributed by atoms with E-state index in [9.17, 15) is 0 Å². The van der Waals surface area contributed by atoms with E-state index in [-0.39, 0.29) is 0 Å². The lowest BCUT2D eigenvalue weighted by Crippen LogP contribution is -2.06. The molecule has 0 spiro atoms. The zero-order chi connectivity index (χ0) is 14.8. The summed E-state index contributed by atoms with van der Waals surface area (Å²) in [5, 5.41) is 18.5. The molecule has 0 amide bonds. The molecule has 8 nitrogen and oxygen atoms in total. The Kier molecular flexibility index (Phi) is 3.43. The number of H-pyrrole nitrogens is 1. The van der Waals surface area contributed by atoms with Crippen molar-refractivity contribution in [3.05, 3.63) is 23.7 Å². The number of nitrogens with one attached hydrogen (secondary N) is 3. The van der Waals surface area contributed by atoms with Gasteiger partial charge in [-0.2, -0.15) is 20.2 Å². The Labute approximate surface area is 122 Å². The Morgan fingerprint density at radius 2 is 2.19 bits per heavy atom. The lowest BCUT2D eigenvalue weighted by molar-refractivity contribution is 0.746. The van der Waals surface area contributed by atoms with Gasteiger partial charge in [0.05, 0.1) is 17.3 Å². The van der Waals surface area contributed by atoms with Crippen LogP contribution < -0.4 is 10.6 Å². The summed E-state index contributed by atoms with van der Waals surface area (Å²) in [6.45, 7) is 2.77. The molecule has 0 radical (unpaired) electrons. The molecule has 21 heavy (non-hydrogen) atoms. The fourth-order valence-corrected chi connectivity index (χ4v) is 2.29. The van der Waals surface area contributed by atoms with E-state index in [0.717, 1.165) is 23.3 Å². The van der Waals surface area contributed by atoms with Crippen LogP contribution in [-0.2, 0) is 20.0 Å². The highest BCUT2D eigenvalue weighted by Gasteiger charge is 2.10. The van der Waals surface area contributed by atoms with Crippen LogP contribution in [0.25, 0.3) is 11.0 Å². The van der Waals surface area contributed by atoms with E-state index >= 15 is 0 Å². The first-order valence-corrected chi connectivity index (χ1v) is 6.85. The molecule has 0 aliphatic rings. The molecule has 0 saturated heterocycles. The van der Waals surface area contributed by atoms with Crippen LogP contribution in [0.2, 0.25) is 0 Å². The summed E-state index contributed by atoms with van der Waals surface area (Å²) in [6.07, 6.45) is 4.66. The maximum atomic E-state index is 4.45. The van der Waals surface area contributed by atoms with Gasteiger partial charge in [-0.25, -0.2) is 0 Å². The highest BCUT2D eigenvalue weighted by molar-refractivity contribution is 5.86. The van der Waals surface area contributed by atoms with Crippen LogP contribution in [0.5, 0.6) is 0 Å². The van der Waals surface area contributed by atoms with Gasteiger partial charge < -0.3 is 10.6 Å². The number of aryl methyl sites for hydroxylation is 2. The van der Waals surface area contributed by atoms with Crippen molar-refractivity contribution in [1.82, 2.24) is 29.9 Å². The van der Waals surface area contributed by atoms with E-state index in [4.69, 9.17) is 0 Å². The van der Waals surface area contributed by atoms with E-state index < -0.39 is 0 Å². The summed E-state index contributed by atoms with van der Waals surface area (Å²) in [5.74, 6) is 1.31. The zero-order valence-electron chi connectivity index (χ0n) is 12.3. The van der Waals surface area contributed by atoms with Crippen LogP contribution in [0.15, 0.2) is 12.4 Å². The topological polar surface area (TPSA) is 96.3 Å². The zero-order valence-corrected chi connectivity index (χ0v) is 12.3. The number of hydrogen-bond donors (Lipinski definition) is 3. The first-order chi connectivity index (χ1) is 10.2. The average Bonchev–Trinajstić information content (AvgIpc) is 3.10. The number of aromatic nitrogens is 6. The van der Waals surface area contributed by atoms with E-state index in [1.165, 1.54) is 5.56 Å². The van der Waals surface area contributed by atoms with Crippen molar-refractivity contribution in [1.29, 1.82) is 0 Å². The molecule has 3 N–H and O–H groups in total. The second-order valence-corrected chi connectivity index (χ2v) is 4.76. The normalized spacial score (nSPS) is 11.0. The lowest BCUT2D eigenvalue weighted by atomic mass is 10.2. The van der Waals surface area contributed by atoms with Crippen molar-refractivity contribution in [2.75, 3.05) is 17.7 Å². The fourth-order valence-electron chi connectivity index (χ4n) is 2.29. The first-order valence-electron chi connectivity index (χ1n) is 6.85. The maximum absolute atomic E-state index is 4.45. The monoisotopic (exact) mass is 286 g/mol. The largest absolute Gasteiger partial charge is 0.365 e. The molecule has 3 heterocycles. The van der Waals surface area contributed by atoms with Crippen LogP contribution in [0.4, 0.5) is 11.8 Å². The van der Waals surface area contributed by atoms with Gasteiger partial charge in [-0.3, -0.25) is 9.78 Å². The van der Waals surface area contributed by atoms with Gasteiger partial charge in [-0.15, -0.1) is 0 Å². The van der Waals surface area contributed by atoms with Gasteiger partial charge in [0.2, 0.25) is 5.95 Å². The number of rotatable bonds is 5. The highest BCUT2D eigenvalue weighted by Crippen LogP contribution is 2.20. The Balaban J connectivity index is 1.89. The van der Waals surface area contributed by atoms with Crippen molar-refractivity contribution >= 4 is 22.8 Å². The lowest BCUT2D eigenvalue weighted by Gasteiger charge is -2.08. The van der Waals surface area contributed by atoms with Gasteiger partial charge in [-0.05, 0) is 6.42 Å². The third-order valence-electron chi connectivity index (χ3n) is 3.31. The molecule has 0 saturated carbocycles. The molecule has 3 aromatic rings. The number of nitrogens with zero attached hydrogens (tertiary/aromatic N) is 5. The van der Waals surface area contributed by atoms with E-state index in [1.807, 2.05) is 17.9 Å². The Morgan fingerprint density at radius 3 is 2.95 bits per heavy atom.